The van der Waals surface area contributed by atoms with Gasteiger partial charge in [0.2, 0.25) is 0 Å². The molecular formula is C17H19NO3. The minimum Gasteiger partial charge on any atom is -0.478 e. The fourth-order valence-corrected chi connectivity index (χ4v) is 3.08. The molecule has 1 aliphatic heterocycles. The third kappa shape index (κ3) is 2.59. The van der Waals surface area contributed by atoms with Gasteiger partial charge in [0.25, 0.3) is 0 Å². The molecule has 1 saturated heterocycles. The molecule has 110 valence electrons. The van der Waals surface area contributed by atoms with E-state index >= 15 is 0 Å². The maximum absolute atomic E-state index is 11.4. The summed E-state index contributed by atoms with van der Waals surface area (Å²) in [6.45, 7) is 1.88. The SMILES string of the molecule is COC1CCN(c2ccc(C(=O)O)c3ccccc23)CC1. The standard InChI is InChI=1S/C17H19NO3/c1-21-12-8-10-18(11-9-12)16-7-6-15(17(19)20)13-4-2-3-5-14(13)16/h2-7,12H,8-11H2,1H3,(H,19,20). The number of hydrogen-bond acceptors (Lipinski definition) is 3. The Morgan fingerprint density at radius 1 is 1.14 bits per heavy atom. The molecule has 0 aromatic heterocycles. The van der Waals surface area contributed by atoms with Crippen molar-refractivity contribution in [2.45, 2.75) is 18.9 Å². The van der Waals surface area contributed by atoms with Crippen molar-refractivity contribution < 1.29 is 14.6 Å². The van der Waals surface area contributed by atoms with Crippen LogP contribution in [0.15, 0.2) is 36.4 Å². The van der Waals surface area contributed by atoms with Gasteiger partial charge in [-0.2, -0.15) is 0 Å². The van der Waals surface area contributed by atoms with E-state index in [2.05, 4.69) is 4.90 Å². The Bertz CT molecular complexity index is 660. The lowest BCUT2D eigenvalue weighted by Gasteiger charge is -2.33. The first-order valence-electron chi connectivity index (χ1n) is 7.23. The molecule has 21 heavy (non-hydrogen) atoms. The van der Waals surface area contributed by atoms with Crippen molar-refractivity contribution in [3.63, 3.8) is 0 Å². The Morgan fingerprint density at radius 3 is 2.43 bits per heavy atom. The largest absolute Gasteiger partial charge is 0.478 e. The highest BCUT2D eigenvalue weighted by Crippen LogP contribution is 2.31. The van der Waals surface area contributed by atoms with E-state index in [4.69, 9.17) is 4.74 Å². The summed E-state index contributed by atoms with van der Waals surface area (Å²) in [5.41, 5.74) is 1.48. The van der Waals surface area contributed by atoms with Crippen LogP contribution < -0.4 is 4.90 Å². The number of fused-ring (bicyclic) bond motifs is 1. The molecule has 0 unspecified atom stereocenters. The van der Waals surface area contributed by atoms with E-state index in [9.17, 15) is 9.90 Å². The number of ether oxygens (including phenoxy) is 1. The van der Waals surface area contributed by atoms with Gasteiger partial charge in [0, 0.05) is 31.3 Å². The lowest BCUT2D eigenvalue weighted by Crippen LogP contribution is -2.36. The van der Waals surface area contributed by atoms with Crippen molar-refractivity contribution in [1.82, 2.24) is 0 Å². The number of nitrogens with zero attached hydrogens (tertiary/aromatic N) is 1. The molecule has 0 atom stereocenters. The summed E-state index contributed by atoms with van der Waals surface area (Å²) in [6.07, 6.45) is 2.35. The molecule has 0 aliphatic carbocycles. The van der Waals surface area contributed by atoms with E-state index in [1.807, 2.05) is 30.3 Å². The summed E-state index contributed by atoms with van der Waals surface area (Å²) in [7, 11) is 1.76. The van der Waals surface area contributed by atoms with E-state index < -0.39 is 5.97 Å². The van der Waals surface area contributed by atoms with E-state index in [-0.39, 0.29) is 0 Å². The van der Waals surface area contributed by atoms with Gasteiger partial charge >= 0.3 is 5.97 Å². The van der Waals surface area contributed by atoms with Gasteiger partial charge in [0.15, 0.2) is 0 Å². The highest BCUT2D eigenvalue weighted by molar-refractivity contribution is 6.07. The summed E-state index contributed by atoms with van der Waals surface area (Å²) in [4.78, 5) is 13.7. The number of methoxy groups -OCH3 is 1. The van der Waals surface area contributed by atoms with Gasteiger partial charge in [0.05, 0.1) is 11.7 Å². The van der Waals surface area contributed by atoms with E-state index in [1.165, 1.54) is 0 Å². The molecule has 1 heterocycles. The highest BCUT2D eigenvalue weighted by Gasteiger charge is 2.21. The monoisotopic (exact) mass is 285 g/mol. The molecule has 0 bridgehead atoms. The zero-order valence-corrected chi connectivity index (χ0v) is 12.1. The average Bonchev–Trinajstić information content (AvgIpc) is 2.54. The quantitative estimate of drug-likeness (QED) is 0.941. The van der Waals surface area contributed by atoms with Crippen molar-refractivity contribution in [2.75, 3.05) is 25.1 Å². The third-order valence-electron chi connectivity index (χ3n) is 4.25. The van der Waals surface area contributed by atoms with Gasteiger partial charge in [-0.3, -0.25) is 0 Å². The maximum Gasteiger partial charge on any atom is 0.336 e. The second-order valence-electron chi connectivity index (χ2n) is 5.41. The fraction of sp³-hybridized carbons (Fsp3) is 0.353. The van der Waals surface area contributed by atoms with Crippen LogP contribution in [-0.4, -0.2) is 37.4 Å². The van der Waals surface area contributed by atoms with Crippen molar-refractivity contribution in [3.05, 3.63) is 42.0 Å². The molecule has 1 aliphatic rings. The van der Waals surface area contributed by atoms with Crippen LogP contribution >= 0.6 is 0 Å². The van der Waals surface area contributed by atoms with Gasteiger partial charge in [0.1, 0.15) is 0 Å². The number of piperidine rings is 1. The van der Waals surface area contributed by atoms with Gasteiger partial charge in [-0.1, -0.05) is 24.3 Å². The van der Waals surface area contributed by atoms with Gasteiger partial charge in [-0.15, -0.1) is 0 Å². The normalized spacial score (nSPS) is 16.3. The molecule has 0 spiro atoms. The Morgan fingerprint density at radius 2 is 1.81 bits per heavy atom. The molecule has 1 fully saturated rings. The highest BCUT2D eigenvalue weighted by atomic mass is 16.5. The van der Waals surface area contributed by atoms with Crippen LogP contribution in [-0.2, 0) is 4.74 Å². The molecule has 0 saturated carbocycles. The van der Waals surface area contributed by atoms with Crippen molar-refractivity contribution in [2.24, 2.45) is 0 Å². The van der Waals surface area contributed by atoms with Crippen LogP contribution in [0.5, 0.6) is 0 Å². The Balaban J connectivity index is 2.00. The second kappa shape index (κ2) is 5.74. The first-order valence-corrected chi connectivity index (χ1v) is 7.23. The first-order chi connectivity index (χ1) is 10.2. The molecule has 2 aromatic rings. The summed E-state index contributed by atoms with van der Waals surface area (Å²) >= 11 is 0. The number of hydrogen-bond donors (Lipinski definition) is 1. The summed E-state index contributed by atoms with van der Waals surface area (Å²) < 4.78 is 5.41. The number of benzene rings is 2. The van der Waals surface area contributed by atoms with Crippen molar-refractivity contribution in [1.29, 1.82) is 0 Å². The number of rotatable bonds is 3. The van der Waals surface area contributed by atoms with Crippen LogP contribution in [0.2, 0.25) is 0 Å². The minimum absolute atomic E-state index is 0.339. The fourth-order valence-electron chi connectivity index (χ4n) is 3.08. The zero-order chi connectivity index (χ0) is 14.8. The molecule has 3 rings (SSSR count). The van der Waals surface area contributed by atoms with Crippen molar-refractivity contribution >= 4 is 22.4 Å². The maximum atomic E-state index is 11.4. The predicted molar refractivity (Wildman–Crippen MR) is 83.2 cm³/mol. The van der Waals surface area contributed by atoms with Crippen molar-refractivity contribution in [3.8, 4) is 0 Å². The first kappa shape index (κ1) is 13.9. The van der Waals surface area contributed by atoms with E-state index in [1.54, 1.807) is 13.2 Å². The lowest BCUT2D eigenvalue weighted by molar-refractivity contribution is 0.0699. The second-order valence-corrected chi connectivity index (χ2v) is 5.41. The van der Waals surface area contributed by atoms with Crippen LogP contribution in [0.3, 0.4) is 0 Å². The zero-order valence-electron chi connectivity index (χ0n) is 12.1. The van der Waals surface area contributed by atoms with Gasteiger partial charge in [-0.05, 0) is 30.4 Å². The molecule has 4 heteroatoms. The number of aromatic carboxylic acids is 1. The number of carboxylic acids is 1. The predicted octanol–water partition coefficient (Wildman–Crippen LogP) is 3.15. The Hall–Kier alpha value is -2.07. The molecule has 1 N–H and O–H groups in total. The number of anilines is 1. The average molecular weight is 285 g/mol. The Labute approximate surface area is 123 Å². The van der Waals surface area contributed by atoms with E-state index in [0.717, 1.165) is 42.4 Å². The van der Waals surface area contributed by atoms with Crippen LogP contribution in [0.25, 0.3) is 10.8 Å². The third-order valence-corrected chi connectivity index (χ3v) is 4.25. The smallest absolute Gasteiger partial charge is 0.336 e. The summed E-state index contributed by atoms with van der Waals surface area (Å²) in [5.74, 6) is -0.879. The molecule has 0 radical (unpaired) electrons. The molecular weight excluding hydrogens is 266 g/mol. The lowest BCUT2D eigenvalue weighted by atomic mass is 10.00. The molecule has 4 nitrogen and oxygen atoms in total. The topological polar surface area (TPSA) is 49.8 Å². The van der Waals surface area contributed by atoms with Crippen LogP contribution in [0, 0.1) is 0 Å². The van der Waals surface area contributed by atoms with Gasteiger partial charge in [-0.25, -0.2) is 4.79 Å². The number of carbonyl (C=O) groups is 1. The van der Waals surface area contributed by atoms with Crippen LogP contribution in [0.4, 0.5) is 5.69 Å². The van der Waals surface area contributed by atoms with E-state index in [0.29, 0.717) is 11.7 Å². The summed E-state index contributed by atoms with van der Waals surface area (Å²) in [6, 6.07) is 11.4. The van der Waals surface area contributed by atoms with Crippen LogP contribution in [0.1, 0.15) is 23.2 Å². The van der Waals surface area contributed by atoms with Gasteiger partial charge < -0.3 is 14.7 Å². The molecule has 2 aromatic carbocycles. The number of carboxylic acid groups (broad SMARTS) is 1. The Kier molecular flexibility index (Phi) is 3.80. The summed E-state index contributed by atoms with van der Waals surface area (Å²) in [5, 5.41) is 11.1. The molecule has 0 amide bonds. The minimum atomic E-state index is -0.879.